The molecule has 0 saturated carbocycles. The molecule has 22 heavy (non-hydrogen) atoms. The molecule has 1 unspecified atom stereocenters. The minimum atomic E-state index is -0.277. The fourth-order valence-electron chi connectivity index (χ4n) is 1.75. The van der Waals surface area contributed by atoms with Crippen LogP contribution in [0, 0.1) is 13.8 Å². The van der Waals surface area contributed by atoms with E-state index in [2.05, 4.69) is 15.9 Å². The molecule has 2 aromatic rings. The summed E-state index contributed by atoms with van der Waals surface area (Å²) in [5.41, 5.74) is 4.09. The molecule has 0 fully saturated rings. The van der Waals surface area contributed by atoms with Crippen molar-refractivity contribution in [2.24, 2.45) is 0 Å². The molecule has 0 aliphatic rings. The van der Waals surface area contributed by atoms with E-state index in [9.17, 15) is 4.79 Å². The van der Waals surface area contributed by atoms with Gasteiger partial charge in [0.2, 0.25) is 0 Å². The molecule has 0 radical (unpaired) electrons. The lowest BCUT2D eigenvalue weighted by atomic mass is 10.0. The van der Waals surface area contributed by atoms with Crippen LogP contribution >= 0.6 is 15.9 Å². The van der Waals surface area contributed by atoms with Crippen molar-refractivity contribution in [2.75, 3.05) is 0 Å². The molecule has 2 rings (SSSR count). The van der Waals surface area contributed by atoms with Crippen LogP contribution in [0.25, 0.3) is 0 Å². The standard InChI is InChI=1S/C16H15BrO.2C2H6/c1-11-3-7-13(8-4-11)15(17)16(18)14-9-5-12(2)6-10-14;2*1-2/h3-10,15H,1-2H3;2*1-2H3. The summed E-state index contributed by atoms with van der Waals surface area (Å²) in [5.74, 6) is 0.0962. The minimum absolute atomic E-state index is 0.0962. The van der Waals surface area contributed by atoms with Gasteiger partial charge in [0.05, 0.1) is 0 Å². The van der Waals surface area contributed by atoms with Crippen molar-refractivity contribution in [3.8, 4) is 0 Å². The molecule has 0 saturated heterocycles. The largest absolute Gasteiger partial charge is 0.293 e. The molecule has 2 heteroatoms. The first kappa shape index (κ1) is 20.6. The third-order valence-corrected chi connectivity index (χ3v) is 3.88. The number of carbonyl (C=O) groups is 1. The van der Waals surface area contributed by atoms with E-state index < -0.39 is 0 Å². The summed E-state index contributed by atoms with van der Waals surface area (Å²) >= 11 is 3.48. The van der Waals surface area contributed by atoms with E-state index in [-0.39, 0.29) is 10.6 Å². The molecule has 2 aromatic carbocycles. The second-order valence-electron chi connectivity index (χ2n) is 4.50. The minimum Gasteiger partial charge on any atom is -0.293 e. The lowest BCUT2D eigenvalue weighted by molar-refractivity contribution is 0.0991. The third-order valence-electron chi connectivity index (χ3n) is 2.94. The number of carbonyl (C=O) groups excluding carboxylic acids is 1. The second-order valence-corrected chi connectivity index (χ2v) is 5.42. The van der Waals surface area contributed by atoms with Crippen LogP contribution in [0.2, 0.25) is 0 Å². The Labute approximate surface area is 143 Å². The predicted molar refractivity (Wildman–Crippen MR) is 101 cm³/mol. The highest BCUT2D eigenvalue weighted by Crippen LogP contribution is 2.27. The molecule has 0 spiro atoms. The summed E-state index contributed by atoms with van der Waals surface area (Å²) in [7, 11) is 0. The van der Waals surface area contributed by atoms with Gasteiger partial charge in [-0.1, -0.05) is 103 Å². The average Bonchev–Trinajstić information content (AvgIpc) is 2.58. The van der Waals surface area contributed by atoms with Gasteiger partial charge in [0.1, 0.15) is 4.83 Å². The number of rotatable bonds is 3. The molecule has 120 valence electrons. The number of alkyl halides is 1. The fraction of sp³-hybridized carbons (Fsp3) is 0.350. The van der Waals surface area contributed by atoms with Crippen LogP contribution in [-0.4, -0.2) is 5.78 Å². The van der Waals surface area contributed by atoms with Crippen molar-refractivity contribution in [2.45, 2.75) is 46.4 Å². The molecule has 0 bridgehead atoms. The van der Waals surface area contributed by atoms with Gasteiger partial charge in [-0.25, -0.2) is 0 Å². The molecular formula is C20H27BrO. The van der Waals surface area contributed by atoms with Crippen molar-refractivity contribution in [3.63, 3.8) is 0 Å². The zero-order valence-corrected chi connectivity index (χ0v) is 16.1. The van der Waals surface area contributed by atoms with Gasteiger partial charge in [0.15, 0.2) is 5.78 Å². The van der Waals surface area contributed by atoms with Crippen molar-refractivity contribution in [1.29, 1.82) is 0 Å². The summed E-state index contributed by atoms with van der Waals surface area (Å²) in [6, 6.07) is 15.7. The number of Topliss-reactive ketones (excluding diaryl/α,β-unsaturated/α-hetero) is 1. The zero-order valence-electron chi connectivity index (χ0n) is 14.5. The Morgan fingerprint density at radius 2 is 1.14 bits per heavy atom. The van der Waals surface area contributed by atoms with Gasteiger partial charge >= 0.3 is 0 Å². The van der Waals surface area contributed by atoms with Crippen LogP contribution in [0.3, 0.4) is 0 Å². The highest BCUT2D eigenvalue weighted by molar-refractivity contribution is 9.09. The van der Waals surface area contributed by atoms with E-state index in [1.54, 1.807) is 0 Å². The van der Waals surface area contributed by atoms with E-state index in [0.29, 0.717) is 0 Å². The summed E-state index contributed by atoms with van der Waals surface area (Å²) in [6.07, 6.45) is 0. The van der Waals surface area contributed by atoms with E-state index in [1.807, 2.05) is 90.1 Å². The van der Waals surface area contributed by atoms with E-state index in [0.717, 1.165) is 16.7 Å². The molecule has 0 amide bonds. The van der Waals surface area contributed by atoms with Gasteiger partial charge in [0, 0.05) is 5.56 Å². The van der Waals surface area contributed by atoms with Crippen molar-refractivity contribution in [3.05, 3.63) is 70.8 Å². The van der Waals surface area contributed by atoms with Crippen LogP contribution in [0.5, 0.6) is 0 Å². The van der Waals surface area contributed by atoms with Crippen LogP contribution in [-0.2, 0) is 0 Å². The van der Waals surface area contributed by atoms with E-state index in [4.69, 9.17) is 0 Å². The summed E-state index contributed by atoms with van der Waals surface area (Å²) in [5, 5.41) is 0. The highest BCUT2D eigenvalue weighted by Gasteiger charge is 2.18. The third kappa shape index (κ3) is 6.15. The number of hydrogen-bond acceptors (Lipinski definition) is 1. The van der Waals surface area contributed by atoms with Crippen LogP contribution in [0.4, 0.5) is 0 Å². The Hall–Kier alpha value is -1.41. The fourth-order valence-corrected chi connectivity index (χ4v) is 2.32. The molecule has 0 aromatic heterocycles. The smallest absolute Gasteiger partial charge is 0.180 e. The normalized spacial score (nSPS) is 10.5. The first-order valence-corrected chi connectivity index (χ1v) is 8.81. The summed E-state index contributed by atoms with van der Waals surface area (Å²) < 4.78 is 0. The van der Waals surface area contributed by atoms with Crippen molar-refractivity contribution >= 4 is 21.7 Å². The SMILES string of the molecule is CC.CC.Cc1ccc(C(=O)C(Br)c2ccc(C)cc2)cc1. The Bertz CT molecular complexity index is 541. The zero-order chi connectivity index (χ0) is 17.1. The van der Waals surface area contributed by atoms with Crippen molar-refractivity contribution < 1.29 is 4.79 Å². The second kappa shape index (κ2) is 11.2. The van der Waals surface area contributed by atoms with Gasteiger partial charge in [0.25, 0.3) is 0 Å². The van der Waals surface area contributed by atoms with Gasteiger partial charge in [-0.15, -0.1) is 0 Å². The Morgan fingerprint density at radius 3 is 1.55 bits per heavy atom. The number of benzene rings is 2. The lowest BCUT2D eigenvalue weighted by Crippen LogP contribution is -2.07. The number of aryl methyl sites for hydroxylation is 2. The quantitative estimate of drug-likeness (QED) is 0.439. The van der Waals surface area contributed by atoms with Crippen molar-refractivity contribution in [1.82, 2.24) is 0 Å². The average molecular weight is 363 g/mol. The van der Waals surface area contributed by atoms with E-state index >= 15 is 0 Å². The van der Waals surface area contributed by atoms with Crippen LogP contribution in [0.15, 0.2) is 48.5 Å². The van der Waals surface area contributed by atoms with Gasteiger partial charge in [-0.05, 0) is 19.4 Å². The lowest BCUT2D eigenvalue weighted by Gasteiger charge is -2.10. The molecule has 1 nitrogen and oxygen atoms in total. The molecule has 1 atom stereocenters. The Kier molecular flexibility index (Phi) is 10.5. The molecule has 0 heterocycles. The molecule has 0 N–H and O–H groups in total. The maximum absolute atomic E-state index is 12.3. The molecular weight excluding hydrogens is 336 g/mol. The Balaban J connectivity index is 0.00000102. The van der Waals surface area contributed by atoms with Crippen LogP contribution < -0.4 is 0 Å². The Morgan fingerprint density at radius 1 is 0.773 bits per heavy atom. The predicted octanol–water partition coefficient (Wildman–Crippen LogP) is 6.67. The number of hydrogen-bond donors (Lipinski definition) is 0. The monoisotopic (exact) mass is 362 g/mol. The summed E-state index contributed by atoms with van der Waals surface area (Å²) in [4.78, 5) is 12.0. The summed E-state index contributed by atoms with van der Waals surface area (Å²) in [6.45, 7) is 12.1. The first-order valence-electron chi connectivity index (χ1n) is 7.89. The molecule has 0 aliphatic carbocycles. The van der Waals surface area contributed by atoms with E-state index in [1.165, 1.54) is 5.56 Å². The maximum Gasteiger partial charge on any atom is 0.180 e. The maximum atomic E-state index is 12.3. The van der Waals surface area contributed by atoms with Gasteiger partial charge in [-0.2, -0.15) is 0 Å². The topological polar surface area (TPSA) is 17.1 Å². The number of halogens is 1. The van der Waals surface area contributed by atoms with Crippen LogP contribution in [0.1, 0.15) is 59.6 Å². The molecule has 0 aliphatic heterocycles. The first-order chi connectivity index (χ1) is 10.6. The highest BCUT2D eigenvalue weighted by atomic mass is 79.9. The van der Waals surface area contributed by atoms with Gasteiger partial charge in [-0.3, -0.25) is 4.79 Å². The number of ketones is 1. The van der Waals surface area contributed by atoms with Gasteiger partial charge < -0.3 is 0 Å².